The molecular weight excluding hydrogens is 266 g/mol. The van der Waals surface area contributed by atoms with Crippen LogP contribution in [0.2, 0.25) is 0 Å². The van der Waals surface area contributed by atoms with E-state index in [0.29, 0.717) is 0 Å². The van der Waals surface area contributed by atoms with Crippen molar-refractivity contribution in [1.29, 1.82) is 0 Å². The van der Waals surface area contributed by atoms with Crippen molar-refractivity contribution in [3.63, 3.8) is 0 Å². The van der Waals surface area contributed by atoms with E-state index in [4.69, 9.17) is 0 Å². The molecule has 2 aromatic carbocycles. The van der Waals surface area contributed by atoms with Crippen LogP contribution in [0, 0.1) is 24.0 Å². The molecule has 0 aromatic heterocycles. The number of non-ortho nitro benzene ring substituents is 1. The lowest BCUT2D eigenvalue weighted by atomic mass is 10.1. The van der Waals surface area contributed by atoms with Gasteiger partial charge in [0.1, 0.15) is 0 Å². The molecule has 2 rings (SSSR count). The van der Waals surface area contributed by atoms with Crippen LogP contribution in [0.25, 0.3) is 0 Å². The number of nitrogens with zero attached hydrogens (tertiary/aromatic N) is 2. The Morgan fingerprint density at radius 3 is 2.10 bits per heavy atom. The smallest absolute Gasteiger partial charge is 0.273 e. The molecule has 0 bridgehead atoms. The van der Waals surface area contributed by atoms with E-state index in [-0.39, 0.29) is 10.6 Å². The minimum Gasteiger partial charge on any atom is -0.388 e. The van der Waals surface area contributed by atoms with Crippen LogP contribution in [-0.4, -0.2) is 19.0 Å². The van der Waals surface area contributed by atoms with Gasteiger partial charge in [0.05, 0.1) is 4.92 Å². The van der Waals surface area contributed by atoms with Gasteiger partial charge in [-0.05, 0) is 43.2 Å². The molecule has 0 aliphatic heterocycles. The first kappa shape index (κ1) is 14.8. The maximum absolute atomic E-state index is 11.0. The van der Waals surface area contributed by atoms with Crippen molar-refractivity contribution < 1.29 is 4.92 Å². The van der Waals surface area contributed by atoms with Gasteiger partial charge in [-0.1, -0.05) is 6.07 Å². The van der Waals surface area contributed by atoms with Crippen LogP contribution in [0.5, 0.6) is 0 Å². The van der Waals surface area contributed by atoms with Gasteiger partial charge < -0.3 is 10.2 Å². The topological polar surface area (TPSA) is 58.4 Å². The molecule has 0 atom stereocenters. The summed E-state index contributed by atoms with van der Waals surface area (Å²) in [6, 6.07) is 11.2. The molecule has 1 N–H and O–H groups in total. The van der Waals surface area contributed by atoms with Gasteiger partial charge in [-0.15, -0.1) is 0 Å². The summed E-state index contributed by atoms with van der Waals surface area (Å²) < 4.78 is 0. The Bertz CT molecular complexity index is 663. The summed E-state index contributed by atoms with van der Waals surface area (Å²) in [7, 11) is 3.66. The van der Waals surface area contributed by atoms with Gasteiger partial charge in [0.25, 0.3) is 5.69 Å². The van der Waals surface area contributed by atoms with E-state index in [0.717, 1.165) is 28.2 Å². The minimum absolute atomic E-state index is 0.0769. The number of aryl methyl sites for hydroxylation is 2. The molecule has 5 heteroatoms. The van der Waals surface area contributed by atoms with E-state index in [1.165, 1.54) is 6.07 Å². The molecule has 0 saturated carbocycles. The standard InChI is InChI=1S/C16H19N3O2/c1-11-5-12(2)7-14(6-11)18(4)15-8-13(17-3)9-16(10-15)19(20)21/h5-10,17H,1-4H3. The van der Waals surface area contributed by atoms with Crippen molar-refractivity contribution in [3.8, 4) is 0 Å². The van der Waals surface area contributed by atoms with Crippen molar-refractivity contribution in [1.82, 2.24) is 0 Å². The second-order valence-electron chi connectivity index (χ2n) is 5.15. The van der Waals surface area contributed by atoms with Gasteiger partial charge in [0.15, 0.2) is 0 Å². The molecule has 0 radical (unpaired) electrons. The second-order valence-corrected chi connectivity index (χ2v) is 5.15. The first-order valence-electron chi connectivity index (χ1n) is 6.70. The number of hydrogen-bond donors (Lipinski definition) is 1. The maximum Gasteiger partial charge on any atom is 0.273 e. The molecule has 0 spiro atoms. The summed E-state index contributed by atoms with van der Waals surface area (Å²) in [5.41, 5.74) is 4.91. The Morgan fingerprint density at radius 2 is 1.57 bits per heavy atom. The van der Waals surface area contributed by atoms with Gasteiger partial charge in [0.2, 0.25) is 0 Å². The number of benzene rings is 2. The summed E-state index contributed by atoms with van der Waals surface area (Å²) in [5, 5.41) is 14.0. The van der Waals surface area contributed by atoms with E-state index < -0.39 is 0 Å². The van der Waals surface area contributed by atoms with Crippen molar-refractivity contribution >= 4 is 22.7 Å². The number of rotatable bonds is 4. The first-order chi connectivity index (χ1) is 9.90. The van der Waals surface area contributed by atoms with E-state index in [9.17, 15) is 10.1 Å². The lowest BCUT2D eigenvalue weighted by molar-refractivity contribution is -0.384. The molecule has 0 heterocycles. The van der Waals surface area contributed by atoms with Crippen LogP contribution in [0.3, 0.4) is 0 Å². The normalized spacial score (nSPS) is 10.3. The fourth-order valence-corrected chi connectivity index (χ4v) is 2.33. The van der Waals surface area contributed by atoms with Gasteiger partial charge in [-0.2, -0.15) is 0 Å². The zero-order chi connectivity index (χ0) is 15.6. The van der Waals surface area contributed by atoms with Gasteiger partial charge >= 0.3 is 0 Å². The zero-order valence-corrected chi connectivity index (χ0v) is 12.7. The predicted octanol–water partition coefficient (Wildman–Crippen LogP) is 4.02. The van der Waals surface area contributed by atoms with Crippen molar-refractivity contribution in [3.05, 3.63) is 57.6 Å². The fraction of sp³-hybridized carbons (Fsp3) is 0.250. The van der Waals surface area contributed by atoms with Gasteiger partial charge in [-0.3, -0.25) is 10.1 Å². The molecule has 0 amide bonds. The largest absolute Gasteiger partial charge is 0.388 e. The van der Waals surface area contributed by atoms with Crippen LogP contribution in [0.15, 0.2) is 36.4 Å². The molecule has 110 valence electrons. The molecule has 5 nitrogen and oxygen atoms in total. The second kappa shape index (κ2) is 5.83. The van der Waals surface area contributed by atoms with E-state index in [1.807, 2.05) is 31.9 Å². The zero-order valence-electron chi connectivity index (χ0n) is 12.7. The third kappa shape index (κ3) is 3.31. The lowest BCUT2D eigenvalue weighted by Crippen LogP contribution is -2.10. The van der Waals surface area contributed by atoms with Crippen LogP contribution < -0.4 is 10.2 Å². The highest BCUT2D eigenvalue weighted by Crippen LogP contribution is 2.31. The van der Waals surface area contributed by atoms with Crippen LogP contribution in [-0.2, 0) is 0 Å². The van der Waals surface area contributed by atoms with E-state index >= 15 is 0 Å². The number of nitro benzene ring substituents is 1. The highest BCUT2D eigenvalue weighted by molar-refractivity contribution is 5.71. The third-order valence-corrected chi connectivity index (χ3v) is 3.38. The summed E-state index contributed by atoms with van der Waals surface area (Å²) in [4.78, 5) is 12.6. The minimum atomic E-state index is -0.375. The van der Waals surface area contributed by atoms with Gasteiger partial charge in [-0.25, -0.2) is 0 Å². The Balaban J connectivity index is 2.49. The van der Waals surface area contributed by atoms with Crippen molar-refractivity contribution in [2.75, 3.05) is 24.3 Å². The van der Waals surface area contributed by atoms with Crippen molar-refractivity contribution in [2.24, 2.45) is 0 Å². The Kier molecular flexibility index (Phi) is 4.12. The molecule has 0 aliphatic carbocycles. The highest BCUT2D eigenvalue weighted by Gasteiger charge is 2.13. The third-order valence-electron chi connectivity index (χ3n) is 3.38. The SMILES string of the molecule is CNc1cc(N(C)c2cc(C)cc(C)c2)cc([N+](=O)[O-])c1. The molecule has 0 unspecified atom stereocenters. The number of nitrogens with one attached hydrogen (secondary N) is 1. The van der Waals surface area contributed by atoms with Crippen LogP contribution in [0.1, 0.15) is 11.1 Å². The molecule has 0 aliphatic rings. The van der Waals surface area contributed by atoms with Crippen LogP contribution >= 0.6 is 0 Å². The Labute approximate surface area is 124 Å². The molecule has 0 saturated heterocycles. The predicted molar refractivity (Wildman–Crippen MR) is 86.6 cm³/mol. The average molecular weight is 285 g/mol. The molecule has 2 aromatic rings. The van der Waals surface area contributed by atoms with E-state index in [2.05, 4.69) is 23.5 Å². The first-order valence-corrected chi connectivity index (χ1v) is 6.70. The fourth-order valence-electron chi connectivity index (χ4n) is 2.33. The summed E-state index contributed by atoms with van der Waals surface area (Å²) in [6.45, 7) is 4.08. The Hall–Kier alpha value is -2.56. The average Bonchev–Trinajstić information content (AvgIpc) is 2.44. The molecule has 21 heavy (non-hydrogen) atoms. The number of nitro groups is 1. The molecule has 0 fully saturated rings. The van der Waals surface area contributed by atoms with E-state index in [1.54, 1.807) is 13.1 Å². The monoisotopic (exact) mass is 285 g/mol. The summed E-state index contributed by atoms with van der Waals surface area (Å²) in [6.07, 6.45) is 0. The lowest BCUT2D eigenvalue weighted by Gasteiger charge is -2.21. The summed E-state index contributed by atoms with van der Waals surface area (Å²) >= 11 is 0. The summed E-state index contributed by atoms with van der Waals surface area (Å²) in [5.74, 6) is 0. The van der Waals surface area contributed by atoms with Crippen molar-refractivity contribution in [2.45, 2.75) is 13.8 Å². The molecular formula is C16H19N3O2. The van der Waals surface area contributed by atoms with Crippen LogP contribution in [0.4, 0.5) is 22.7 Å². The number of hydrogen-bond acceptors (Lipinski definition) is 4. The Morgan fingerprint density at radius 1 is 1.00 bits per heavy atom. The number of anilines is 3. The highest BCUT2D eigenvalue weighted by atomic mass is 16.6. The quantitative estimate of drug-likeness (QED) is 0.681. The maximum atomic E-state index is 11.0. The van der Waals surface area contributed by atoms with Gasteiger partial charge in [0, 0.05) is 43.3 Å².